The van der Waals surface area contributed by atoms with Crippen molar-refractivity contribution in [2.75, 3.05) is 19.7 Å². The number of hydrogen-bond acceptors (Lipinski definition) is 5. The van der Waals surface area contributed by atoms with Crippen molar-refractivity contribution in [1.82, 2.24) is 9.88 Å². The summed E-state index contributed by atoms with van der Waals surface area (Å²) in [4.78, 5) is 38.2. The Morgan fingerprint density at radius 3 is 2.92 bits per heavy atom. The standard InChI is InChI=1S/C16H14FN3O5/c17-11-3-1-2-10(6-11)14-9-19(4-5-25-14)16(22)13-7-12(20(23)24)8-18-15(13)21/h1-3,6-8,14H,4-5,9H2,(H,18,21)/t14-/m1/s1. The third-order valence-corrected chi connectivity index (χ3v) is 3.90. The van der Waals surface area contributed by atoms with Gasteiger partial charge in [0.2, 0.25) is 0 Å². The number of nitro groups is 1. The molecule has 1 N–H and O–H groups in total. The number of hydrogen-bond donors (Lipinski definition) is 1. The molecule has 1 aromatic heterocycles. The number of carbonyl (C=O) groups excluding carboxylic acids is 1. The normalized spacial score (nSPS) is 17.3. The third-order valence-electron chi connectivity index (χ3n) is 3.90. The van der Waals surface area contributed by atoms with Gasteiger partial charge >= 0.3 is 0 Å². The number of amides is 1. The number of ether oxygens (including phenoxy) is 1. The number of aromatic nitrogens is 1. The van der Waals surface area contributed by atoms with Gasteiger partial charge in [0, 0.05) is 12.6 Å². The number of carbonyl (C=O) groups is 1. The first-order chi connectivity index (χ1) is 12.0. The smallest absolute Gasteiger partial charge is 0.286 e. The summed E-state index contributed by atoms with van der Waals surface area (Å²) in [7, 11) is 0. The van der Waals surface area contributed by atoms with Gasteiger partial charge in [-0.05, 0) is 17.7 Å². The van der Waals surface area contributed by atoms with Crippen molar-refractivity contribution < 1.29 is 18.8 Å². The second-order valence-corrected chi connectivity index (χ2v) is 5.52. The van der Waals surface area contributed by atoms with E-state index in [9.17, 15) is 24.1 Å². The molecule has 0 saturated carbocycles. The highest BCUT2D eigenvalue weighted by molar-refractivity contribution is 5.94. The van der Waals surface area contributed by atoms with Crippen LogP contribution in [0.1, 0.15) is 22.0 Å². The number of H-pyrrole nitrogens is 1. The van der Waals surface area contributed by atoms with Crippen LogP contribution in [0.25, 0.3) is 0 Å². The van der Waals surface area contributed by atoms with E-state index in [4.69, 9.17) is 4.74 Å². The van der Waals surface area contributed by atoms with E-state index in [1.54, 1.807) is 12.1 Å². The van der Waals surface area contributed by atoms with Crippen molar-refractivity contribution in [3.05, 3.63) is 73.9 Å². The van der Waals surface area contributed by atoms with E-state index in [2.05, 4.69) is 4.98 Å². The van der Waals surface area contributed by atoms with Crippen LogP contribution in [0.2, 0.25) is 0 Å². The van der Waals surface area contributed by atoms with Crippen LogP contribution in [-0.2, 0) is 4.74 Å². The number of halogens is 1. The minimum atomic E-state index is -0.704. The van der Waals surface area contributed by atoms with Crippen LogP contribution in [0.3, 0.4) is 0 Å². The first-order valence-electron chi connectivity index (χ1n) is 7.49. The molecule has 0 radical (unpaired) electrons. The summed E-state index contributed by atoms with van der Waals surface area (Å²) in [5.41, 5.74) is -0.818. The number of nitrogens with one attached hydrogen (secondary N) is 1. The lowest BCUT2D eigenvalue weighted by Gasteiger charge is -2.33. The van der Waals surface area contributed by atoms with Crippen LogP contribution in [0.5, 0.6) is 0 Å². The predicted octanol–water partition coefficient (Wildman–Crippen LogP) is 1.64. The van der Waals surface area contributed by atoms with Crippen LogP contribution in [0.15, 0.2) is 41.3 Å². The topological polar surface area (TPSA) is 106 Å². The Bertz CT molecular complexity index is 882. The molecule has 0 aliphatic carbocycles. The van der Waals surface area contributed by atoms with Crippen molar-refractivity contribution in [1.29, 1.82) is 0 Å². The van der Waals surface area contributed by atoms with Crippen molar-refractivity contribution >= 4 is 11.6 Å². The van der Waals surface area contributed by atoms with E-state index in [-0.39, 0.29) is 30.9 Å². The largest absolute Gasteiger partial charge is 0.370 e. The van der Waals surface area contributed by atoms with E-state index in [0.29, 0.717) is 5.56 Å². The van der Waals surface area contributed by atoms with Gasteiger partial charge in [-0.15, -0.1) is 0 Å². The quantitative estimate of drug-likeness (QED) is 0.671. The highest BCUT2D eigenvalue weighted by Gasteiger charge is 2.28. The molecule has 2 heterocycles. The van der Waals surface area contributed by atoms with Gasteiger partial charge in [-0.3, -0.25) is 19.7 Å². The number of aromatic amines is 1. The van der Waals surface area contributed by atoms with Crippen LogP contribution in [0, 0.1) is 15.9 Å². The Morgan fingerprint density at radius 2 is 2.20 bits per heavy atom. The van der Waals surface area contributed by atoms with Crippen molar-refractivity contribution in [3.63, 3.8) is 0 Å². The van der Waals surface area contributed by atoms with E-state index in [0.717, 1.165) is 12.3 Å². The maximum atomic E-state index is 13.4. The maximum Gasteiger partial charge on any atom is 0.286 e. The van der Waals surface area contributed by atoms with Gasteiger partial charge in [0.1, 0.15) is 17.5 Å². The Kier molecular flexibility index (Phi) is 4.57. The van der Waals surface area contributed by atoms with Crippen LogP contribution in [-0.4, -0.2) is 40.4 Å². The summed E-state index contributed by atoms with van der Waals surface area (Å²) in [6, 6.07) is 6.80. The van der Waals surface area contributed by atoms with Gasteiger partial charge in [0.25, 0.3) is 17.2 Å². The van der Waals surface area contributed by atoms with E-state index >= 15 is 0 Å². The average Bonchev–Trinajstić information content (AvgIpc) is 2.61. The second kappa shape index (κ2) is 6.81. The molecule has 3 rings (SSSR count). The molecule has 9 heteroatoms. The molecule has 130 valence electrons. The van der Waals surface area contributed by atoms with Gasteiger partial charge in [0.15, 0.2) is 0 Å². The lowest BCUT2D eigenvalue weighted by Crippen LogP contribution is -2.43. The Morgan fingerprint density at radius 1 is 1.40 bits per heavy atom. The first kappa shape index (κ1) is 16.8. The molecular weight excluding hydrogens is 333 g/mol. The fraction of sp³-hybridized carbons (Fsp3) is 0.250. The van der Waals surface area contributed by atoms with Crippen LogP contribution < -0.4 is 5.56 Å². The fourth-order valence-corrected chi connectivity index (χ4v) is 2.65. The number of benzene rings is 1. The third kappa shape index (κ3) is 3.56. The summed E-state index contributed by atoms with van der Waals surface area (Å²) in [5, 5.41) is 10.8. The Labute approximate surface area is 141 Å². The molecule has 0 unspecified atom stereocenters. The van der Waals surface area contributed by atoms with Gasteiger partial charge in [-0.25, -0.2) is 4.39 Å². The molecule has 1 aromatic carbocycles. The molecule has 0 spiro atoms. The SMILES string of the molecule is O=C(c1cc([N+](=O)[O-])c[nH]c1=O)N1CCO[C@@H](c2cccc(F)c2)C1. The number of pyridine rings is 1. The monoisotopic (exact) mass is 347 g/mol. The molecule has 8 nitrogen and oxygen atoms in total. The first-order valence-corrected chi connectivity index (χ1v) is 7.49. The summed E-state index contributed by atoms with van der Waals surface area (Å²) >= 11 is 0. The zero-order valence-corrected chi connectivity index (χ0v) is 13.0. The highest BCUT2D eigenvalue weighted by atomic mass is 19.1. The van der Waals surface area contributed by atoms with E-state index in [1.807, 2.05) is 0 Å². The van der Waals surface area contributed by atoms with Gasteiger partial charge in [-0.1, -0.05) is 12.1 Å². The summed E-state index contributed by atoms with van der Waals surface area (Å²) in [6.07, 6.45) is 0.403. The molecule has 1 saturated heterocycles. The van der Waals surface area contributed by atoms with Crippen LogP contribution >= 0.6 is 0 Å². The minimum absolute atomic E-state index is 0.115. The highest BCUT2D eigenvalue weighted by Crippen LogP contribution is 2.24. The molecule has 1 atom stereocenters. The maximum absolute atomic E-state index is 13.4. The fourth-order valence-electron chi connectivity index (χ4n) is 2.65. The van der Waals surface area contributed by atoms with Gasteiger partial charge in [0.05, 0.1) is 24.3 Å². The molecular formula is C16H14FN3O5. The van der Waals surface area contributed by atoms with Gasteiger partial charge < -0.3 is 14.6 Å². The Hall–Kier alpha value is -3.07. The van der Waals surface area contributed by atoms with Crippen molar-refractivity contribution in [2.45, 2.75) is 6.10 Å². The zero-order valence-electron chi connectivity index (χ0n) is 13.0. The Balaban J connectivity index is 1.84. The van der Waals surface area contributed by atoms with Crippen molar-refractivity contribution in [3.8, 4) is 0 Å². The second-order valence-electron chi connectivity index (χ2n) is 5.52. The molecule has 25 heavy (non-hydrogen) atoms. The molecule has 2 aromatic rings. The molecule has 1 aliphatic heterocycles. The number of nitrogens with zero attached hydrogens (tertiary/aromatic N) is 2. The minimum Gasteiger partial charge on any atom is -0.370 e. The molecule has 1 aliphatic rings. The summed E-state index contributed by atoms with van der Waals surface area (Å²) in [6.45, 7) is 0.553. The average molecular weight is 347 g/mol. The number of rotatable bonds is 3. The lowest BCUT2D eigenvalue weighted by atomic mass is 10.1. The summed E-state index contributed by atoms with van der Waals surface area (Å²) in [5.74, 6) is -1.05. The lowest BCUT2D eigenvalue weighted by molar-refractivity contribution is -0.385. The number of morpholine rings is 1. The van der Waals surface area contributed by atoms with Gasteiger partial charge in [-0.2, -0.15) is 0 Å². The van der Waals surface area contributed by atoms with E-state index < -0.39 is 28.3 Å². The van der Waals surface area contributed by atoms with Crippen molar-refractivity contribution in [2.24, 2.45) is 0 Å². The van der Waals surface area contributed by atoms with Crippen LogP contribution in [0.4, 0.5) is 10.1 Å². The summed E-state index contributed by atoms with van der Waals surface area (Å²) < 4.78 is 18.9. The molecule has 1 fully saturated rings. The van der Waals surface area contributed by atoms with E-state index in [1.165, 1.54) is 17.0 Å². The molecule has 1 amide bonds. The predicted molar refractivity (Wildman–Crippen MR) is 84.7 cm³/mol. The molecule has 0 bridgehead atoms. The zero-order chi connectivity index (χ0) is 18.0.